The van der Waals surface area contributed by atoms with Gasteiger partial charge in [-0.2, -0.15) is 0 Å². The van der Waals surface area contributed by atoms with Gasteiger partial charge in [-0.25, -0.2) is 9.78 Å². The van der Waals surface area contributed by atoms with E-state index in [1.54, 1.807) is 6.20 Å². The maximum Gasteiger partial charge on any atom is 0.360 e. The monoisotopic (exact) mass is 471 g/mol. The van der Waals surface area contributed by atoms with E-state index >= 15 is 0 Å². The van der Waals surface area contributed by atoms with Crippen LogP contribution in [0.4, 0.5) is 0 Å². The minimum atomic E-state index is -0.555. The fraction of sp³-hybridized carbons (Fsp3) is 0.294. The summed E-state index contributed by atoms with van der Waals surface area (Å²) >= 11 is 3.50. The number of esters is 1. The number of halogens is 2. The van der Waals surface area contributed by atoms with Crippen LogP contribution in [0.2, 0.25) is 0 Å². The van der Waals surface area contributed by atoms with Crippen LogP contribution in [0.15, 0.2) is 33.3 Å². The number of hydrogen-bond donors (Lipinski definition) is 2. The number of carbonyl (C=O) groups excluding carboxylic acids is 1. The number of rotatable bonds is 4. The number of aromatic nitrogens is 2. The Morgan fingerprint density at radius 2 is 2.12 bits per heavy atom. The first kappa shape index (κ1) is 19.7. The van der Waals surface area contributed by atoms with E-state index in [1.165, 1.54) is 7.11 Å². The quantitative estimate of drug-likeness (QED) is 0.541. The van der Waals surface area contributed by atoms with Gasteiger partial charge in [-0.3, -0.25) is 0 Å². The molecule has 2 heterocycles. The van der Waals surface area contributed by atoms with Gasteiger partial charge in [0.1, 0.15) is 0 Å². The van der Waals surface area contributed by atoms with Crippen molar-refractivity contribution in [2.24, 2.45) is 11.7 Å². The lowest BCUT2D eigenvalue weighted by molar-refractivity contribution is 0.0595. The molecule has 25 heavy (non-hydrogen) atoms. The predicted molar refractivity (Wildman–Crippen MR) is 105 cm³/mol. The Kier molecular flexibility index (Phi) is 6.08. The number of para-hydroxylation sites is 1. The van der Waals surface area contributed by atoms with Gasteiger partial charge in [0, 0.05) is 21.6 Å². The van der Waals surface area contributed by atoms with Gasteiger partial charge in [-0.05, 0) is 27.9 Å². The van der Waals surface area contributed by atoms with E-state index in [0.717, 1.165) is 20.9 Å². The van der Waals surface area contributed by atoms with Gasteiger partial charge in [0.25, 0.3) is 0 Å². The van der Waals surface area contributed by atoms with E-state index in [4.69, 9.17) is 14.9 Å². The van der Waals surface area contributed by atoms with Crippen LogP contribution in [0.3, 0.4) is 0 Å². The van der Waals surface area contributed by atoms with Crippen molar-refractivity contribution in [3.63, 3.8) is 0 Å². The first-order chi connectivity index (χ1) is 11.4. The topological polar surface area (TPSA) is 94.1 Å². The Bertz CT molecular complexity index is 902. The Morgan fingerprint density at radius 1 is 1.40 bits per heavy atom. The first-order valence-corrected chi connectivity index (χ1v) is 8.34. The summed E-state index contributed by atoms with van der Waals surface area (Å²) in [6.45, 7) is 3.93. The number of ether oxygens (including phenoxy) is 1. The largest absolute Gasteiger partial charge is 0.464 e. The Labute approximate surface area is 164 Å². The van der Waals surface area contributed by atoms with Crippen molar-refractivity contribution >= 4 is 49.8 Å². The number of hydrogen-bond acceptors (Lipinski definition) is 5. The Hall–Kier alpha value is -1.64. The van der Waals surface area contributed by atoms with Gasteiger partial charge in [0.15, 0.2) is 11.5 Å². The van der Waals surface area contributed by atoms with Crippen LogP contribution < -0.4 is 5.73 Å². The second kappa shape index (κ2) is 7.72. The number of aromatic amines is 1. The molecule has 8 heteroatoms. The average Bonchev–Trinajstić information content (AvgIpc) is 3.17. The number of nitrogens with zero attached hydrogens (tertiary/aromatic N) is 1. The molecule has 3 rings (SSSR count). The third kappa shape index (κ3) is 3.51. The molecule has 0 fully saturated rings. The van der Waals surface area contributed by atoms with E-state index in [2.05, 4.69) is 25.9 Å². The molecule has 3 N–H and O–H groups in total. The number of carbonyl (C=O) groups is 1. The summed E-state index contributed by atoms with van der Waals surface area (Å²) in [5.41, 5.74) is 7.91. The summed E-state index contributed by atoms with van der Waals surface area (Å²) < 4.78 is 11.6. The van der Waals surface area contributed by atoms with E-state index < -0.39 is 12.0 Å². The van der Waals surface area contributed by atoms with Crippen molar-refractivity contribution in [2.45, 2.75) is 19.9 Å². The number of fused-ring (bicyclic) bond motifs is 1. The highest BCUT2D eigenvalue weighted by atomic mass is 79.9. The number of nitrogens with one attached hydrogen (secondary N) is 1. The maximum absolute atomic E-state index is 12.1. The third-order valence-corrected chi connectivity index (χ3v) is 4.60. The van der Waals surface area contributed by atoms with E-state index in [9.17, 15) is 4.79 Å². The Balaban J connectivity index is 0.00000225. The lowest BCUT2D eigenvalue weighted by Gasteiger charge is -2.10. The number of H-pyrrole nitrogens is 1. The molecule has 6 nitrogen and oxygen atoms in total. The molecule has 1 aromatic carbocycles. The van der Waals surface area contributed by atoms with Crippen LogP contribution in [0.25, 0.3) is 22.2 Å². The highest BCUT2D eigenvalue weighted by Gasteiger charge is 2.27. The smallest absolute Gasteiger partial charge is 0.360 e. The van der Waals surface area contributed by atoms with Crippen LogP contribution in [-0.2, 0) is 4.74 Å². The molecule has 0 saturated carbocycles. The summed E-state index contributed by atoms with van der Waals surface area (Å²) in [4.78, 5) is 19.6. The second-order valence-corrected chi connectivity index (χ2v) is 6.71. The van der Waals surface area contributed by atoms with Crippen LogP contribution in [0.5, 0.6) is 0 Å². The lowest BCUT2D eigenvalue weighted by Crippen LogP contribution is -2.17. The molecule has 1 unspecified atom stereocenters. The minimum absolute atomic E-state index is 0. The van der Waals surface area contributed by atoms with Crippen molar-refractivity contribution in [1.82, 2.24) is 9.97 Å². The van der Waals surface area contributed by atoms with Gasteiger partial charge >= 0.3 is 5.97 Å². The third-order valence-electron chi connectivity index (χ3n) is 3.94. The van der Waals surface area contributed by atoms with Crippen molar-refractivity contribution < 1.29 is 13.9 Å². The van der Waals surface area contributed by atoms with Gasteiger partial charge < -0.3 is 19.9 Å². The molecule has 0 saturated heterocycles. The zero-order valence-corrected chi connectivity index (χ0v) is 17.3. The normalized spacial score (nSPS) is 12.2. The molecule has 0 radical (unpaired) electrons. The molecule has 1 atom stereocenters. The molecule has 0 spiro atoms. The van der Waals surface area contributed by atoms with Crippen LogP contribution in [0, 0.1) is 5.92 Å². The van der Waals surface area contributed by atoms with Gasteiger partial charge in [-0.15, -0.1) is 17.0 Å². The van der Waals surface area contributed by atoms with Crippen molar-refractivity contribution in [2.75, 3.05) is 7.11 Å². The van der Waals surface area contributed by atoms with Crippen LogP contribution >= 0.6 is 32.9 Å². The zero-order chi connectivity index (χ0) is 17.4. The maximum atomic E-state index is 12.1. The standard InChI is InChI=1S/C17H18BrN3O3.BrH/c1-8(2)12(19)16-21-14(17(22)23-3)15(24-16)10-7-20-13-9(10)5-4-6-11(13)18;/h4-8,12,20H,19H2,1-3H3;1H. The molecule has 0 aliphatic heterocycles. The summed E-state index contributed by atoms with van der Waals surface area (Å²) in [7, 11) is 1.31. The molecule has 0 amide bonds. The zero-order valence-electron chi connectivity index (χ0n) is 14.0. The SMILES string of the molecule is Br.COC(=O)c1nc(C(N)C(C)C)oc1-c1c[nH]c2c(Br)cccc12. The highest BCUT2D eigenvalue weighted by molar-refractivity contribution is 9.10. The Morgan fingerprint density at radius 3 is 2.76 bits per heavy atom. The summed E-state index contributed by atoms with van der Waals surface area (Å²) in [5, 5.41) is 0.912. The number of benzene rings is 1. The average molecular weight is 473 g/mol. The minimum Gasteiger partial charge on any atom is -0.464 e. The number of nitrogens with two attached hydrogens (primary N) is 1. The summed E-state index contributed by atoms with van der Waals surface area (Å²) in [6, 6.07) is 5.39. The molecule has 0 bridgehead atoms. The van der Waals surface area contributed by atoms with Gasteiger partial charge in [0.05, 0.1) is 18.7 Å². The van der Waals surface area contributed by atoms with E-state index in [0.29, 0.717) is 11.7 Å². The molecule has 134 valence electrons. The van der Waals surface area contributed by atoms with Crippen molar-refractivity contribution in [1.29, 1.82) is 0 Å². The molecule has 2 aromatic heterocycles. The van der Waals surface area contributed by atoms with Crippen molar-refractivity contribution in [3.8, 4) is 11.3 Å². The highest BCUT2D eigenvalue weighted by Crippen LogP contribution is 2.36. The summed E-state index contributed by atoms with van der Waals surface area (Å²) in [6.07, 6.45) is 1.78. The molecular formula is C17H19Br2N3O3. The molecule has 0 aliphatic carbocycles. The fourth-order valence-electron chi connectivity index (χ4n) is 2.49. The number of methoxy groups -OCH3 is 1. The molecule has 0 aliphatic rings. The van der Waals surface area contributed by atoms with Crippen LogP contribution in [-0.4, -0.2) is 23.0 Å². The molecule has 3 aromatic rings. The second-order valence-electron chi connectivity index (χ2n) is 5.86. The molecular weight excluding hydrogens is 454 g/mol. The fourth-order valence-corrected chi connectivity index (χ4v) is 2.97. The van der Waals surface area contributed by atoms with Crippen molar-refractivity contribution in [3.05, 3.63) is 40.5 Å². The summed E-state index contributed by atoms with van der Waals surface area (Å²) in [5.74, 6) is 0.251. The van der Waals surface area contributed by atoms with Gasteiger partial charge in [-0.1, -0.05) is 26.0 Å². The lowest BCUT2D eigenvalue weighted by atomic mass is 10.1. The van der Waals surface area contributed by atoms with Gasteiger partial charge in [0.2, 0.25) is 5.89 Å². The van der Waals surface area contributed by atoms with E-state index in [-0.39, 0.29) is 28.6 Å². The first-order valence-electron chi connectivity index (χ1n) is 7.54. The number of oxazole rings is 1. The van der Waals surface area contributed by atoms with Crippen LogP contribution in [0.1, 0.15) is 36.3 Å². The van der Waals surface area contributed by atoms with E-state index in [1.807, 2.05) is 32.0 Å². The predicted octanol–water partition coefficient (Wildman–Crippen LogP) is 4.61.